The predicted octanol–water partition coefficient (Wildman–Crippen LogP) is 2.60. The lowest BCUT2D eigenvalue weighted by molar-refractivity contribution is -0.137. The molecule has 5 heteroatoms. The quantitative estimate of drug-likeness (QED) is 0.837. The Kier molecular flexibility index (Phi) is 7.02. The maximum Gasteiger partial charge on any atom is 0.226 e. The van der Waals surface area contributed by atoms with Gasteiger partial charge in [-0.25, -0.2) is 0 Å². The van der Waals surface area contributed by atoms with E-state index in [0.29, 0.717) is 13.1 Å². The highest BCUT2D eigenvalue weighted by molar-refractivity contribution is 9.10. The highest BCUT2D eigenvalue weighted by Crippen LogP contribution is 2.16. The summed E-state index contributed by atoms with van der Waals surface area (Å²) >= 11 is 3.37. The van der Waals surface area contributed by atoms with E-state index in [1.54, 1.807) is 17.3 Å². The fourth-order valence-corrected chi connectivity index (χ4v) is 2.46. The Bertz CT molecular complexity index is 408. The Morgan fingerprint density at radius 2 is 2.11 bits per heavy atom. The Labute approximate surface area is 123 Å². The van der Waals surface area contributed by atoms with Gasteiger partial charge in [0.05, 0.1) is 6.61 Å². The first kappa shape index (κ1) is 16.1. The summed E-state index contributed by atoms with van der Waals surface area (Å²) in [5.41, 5.74) is 0.960. The van der Waals surface area contributed by atoms with Gasteiger partial charge in [0.2, 0.25) is 5.91 Å². The molecular weight excluding hydrogens is 308 g/mol. The van der Waals surface area contributed by atoms with Crippen LogP contribution in [0.4, 0.5) is 0 Å². The van der Waals surface area contributed by atoms with E-state index in [2.05, 4.69) is 20.9 Å². The zero-order chi connectivity index (χ0) is 14.3. The van der Waals surface area contributed by atoms with E-state index in [1.807, 2.05) is 19.9 Å². The fourth-order valence-electron chi connectivity index (χ4n) is 2.05. The van der Waals surface area contributed by atoms with Crippen LogP contribution in [0.15, 0.2) is 22.9 Å². The summed E-state index contributed by atoms with van der Waals surface area (Å²) in [6, 6.07) is 1.94. The first-order valence-corrected chi connectivity index (χ1v) is 7.40. The summed E-state index contributed by atoms with van der Waals surface area (Å²) in [6.45, 7) is 4.87. The largest absolute Gasteiger partial charge is 0.395 e. The van der Waals surface area contributed by atoms with Crippen molar-refractivity contribution in [2.45, 2.75) is 33.2 Å². The zero-order valence-electron chi connectivity index (χ0n) is 11.5. The number of halogens is 1. The van der Waals surface area contributed by atoms with E-state index in [4.69, 9.17) is 5.11 Å². The van der Waals surface area contributed by atoms with Crippen LogP contribution in [-0.2, 0) is 11.3 Å². The number of aliphatic hydroxyl groups excluding tert-OH is 1. The van der Waals surface area contributed by atoms with Crippen molar-refractivity contribution in [3.63, 3.8) is 0 Å². The van der Waals surface area contributed by atoms with Crippen molar-refractivity contribution in [2.75, 3.05) is 13.2 Å². The standard InChI is InChI=1S/C14H21BrN2O2/c1-3-12(4-2)14(19)17(5-6-18)10-11-7-13(15)9-16-8-11/h7-9,12,18H,3-6,10H2,1-2H3. The van der Waals surface area contributed by atoms with Crippen molar-refractivity contribution in [1.82, 2.24) is 9.88 Å². The van der Waals surface area contributed by atoms with Crippen LogP contribution in [0, 0.1) is 5.92 Å². The van der Waals surface area contributed by atoms with Crippen molar-refractivity contribution in [3.05, 3.63) is 28.5 Å². The summed E-state index contributed by atoms with van der Waals surface area (Å²) in [5.74, 6) is 0.144. The molecule has 1 heterocycles. The molecule has 106 valence electrons. The van der Waals surface area contributed by atoms with Crippen molar-refractivity contribution >= 4 is 21.8 Å². The van der Waals surface area contributed by atoms with E-state index >= 15 is 0 Å². The highest BCUT2D eigenvalue weighted by Gasteiger charge is 2.21. The minimum atomic E-state index is -0.0205. The van der Waals surface area contributed by atoms with Gasteiger partial charge in [0.1, 0.15) is 0 Å². The zero-order valence-corrected chi connectivity index (χ0v) is 13.1. The number of carbonyl (C=O) groups excluding carboxylic acids is 1. The Balaban J connectivity index is 2.80. The van der Waals surface area contributed by atoms with Crippen molar-refractivity contribution < 1.29 is 9.90 Å². The van der Waals surface area contributed by atoms with Gasteiger partial charge in [0.15, 0.2) is 0 Å². The van der Waals surface area contributed by atoms with E-state index in [0.717, 1.165) is 22.9 Å². The first-order chi connectivity index (χ1) is 9.12. The average molecular weight is 329 g/mol. The second-order valence-corrected chi connectivity index (χ2v) is 5.42. The Hall–Kier alpha value is -0.940. The van der Waals surface area contributed by atoms with Gasteiger partial charge < -0.3 is 10.0 Å². The van der Waals surface area contributed by atoms with Crippen LogP contribution >= 0.6 is 15.9 Å². The van der Waals surface area contributed by atoms with Gasteiger partial charge in [0.25, 0.3) is 0 Å². The summed E-state index contributed by atoms with van der Waals surface area (Å²) in [7, 11) is 0. The molecule has 0 aromatic carbocycles. The molecule has 4 nitrogen and oxygen atoms in total. The maximum atomic E-state index is 12.4. The molecule has 0 atom stereocenters. The minimum absolute atomic E-state index is 0.0205. The van der Waals surface area contributed by atoms with E-state index < -0.39 is 0 Å². The molecule has 19 heavy (non-hydrogen) atoms. The molecule has 0 unspecified atom stereocenters. The molecule has 1 amide bonds. The van der Waals surface area contributed by atoms with Crippen LogP contribution in [-0.4, -0.2) is 34.0 Å². The van der Waals surface area contributed by atoms with Gasteiger partial charge in [-0.3, -0.25) is 9.78 Å². The SMILES string of the molecule is CCC(CC)C(=O)N(CCO)Cc1cncc(Br)c1. The van der Waals surface area contributed by atoms with Crippen LogP contribution in [0.25, 0.3) is 0 Å². The van der Waals surface area contributed by atoms with Gasteiger partial charge in [-0.1, -0.05) is 13.8 Å². The number of aliphatic hydroxyl groups is 1. The average Bonchev–Trinajstić information content (AvgIpc) is 2.39. The summed E-state index contributed by atoms with van der Waals surface area (Å²) in [5, 5.41) is 9.13. The van der Waals surface area contributed by atoms with Gasteiger partial charge in [-0.15, -0.1) is 0 Å². The second kappa shape index (κ2) is 8.27. The van der Waals surface area contributed by atoms with Crippen molar-refractivity contribution in [1.29, 1.82) is 0 Å². The van der Waals surface area contributed by atoms with Crippen LogP contribution in [0.1, 0.15) is 32.3 Å². The molecule has 1 N–H and O–H groups in total. The molecule has 0 aliphatic heterocycles. The number of hydrogen-bond donors (Lipinski definition) is 1. The lowest BCUT2D eigenvalue weighted by atomic mass is 10.0. The number of pyridine rings is 1. The second-order valence-electron chi connectivity index (χ2n) is 4.51. The molecule has 1 rings (SSSR count). The Morgan fingerprint density at radius 1 is 1.42 bits per heavy atom. The topological polar surface area (TPSA) is 53.4 Å². The number of amides is 1. The molecular formula is C14H21BrN2O2. The smallest absolute Gasteiger partial charge is 0.226 e. The lowest BCUT2D eigenvalue weighted by Crippen LogP contribution is -2.37. The number of carbonyl (C=O) groups is 1. The number of hydrogen-bond acceptors (Lipinski definition) is 3. The van der Waals surface area contributed by atoms with E-state index in [1.165, 1.54) is 0 Å². The summed E-state index contributed by atoms with van der Waals surface area (Å²) in [6.07, 6.45) is 5.11. The molecule has 0 spiro atoms. The summed E-state index contributed by atoms with van der Waals surface area (Å²) in [4.78, 5) is 18.2. The first-order valence-electron chi connectivity index (χ1n) is 6.61. The number of aromatic nitrogens is 1. The van der Waals surface area contributed by atoms with E-state index in [-0.39, 0.29) is 18.4 Å². The molecule has 0 saturated carbocycles. The highest BCUT2D eigenvalue weighted by atomic mass is 79.9. The molecule has 1 aromatic rings. The monoisotopic (exact) mass is 328 g/mol. The van der Waals surface area contributed by atoms with Crippen LogP contribution in [0.5, 0.6) is 0 Å². The molecule has 0 radical (unpaired) electrons. The molecule has 0 fully saturated rings. The van der Waals surface area contributed by atoms with Gasteiger partial charge >= 0.3 is 0 Å². The molecule has 1 aromatic heterocycles. The number of nitrogens with zero attached hydrogens (tertiary/aromatic N) is 2. The maximum absolute atomic E-state index is 12.4. The third kappa shape index (κ3) is 4.91. The molecule has 0 saturated heterocycles. The van der Waals surface area contributed by atoms with E-state index in [9.17, 15) is 4.79 Å². The predicted molar refractivity (Wildman–Crippen MR) is 78.5 cm³/mol. The molecule has 0 bridgehead atoms. The third-order valence-corrected chi connectivity index (χ3v) is 3.59. The van der Waals surface area contributed by atoms with Crippen molar-refractivity contribution in [2.24, 2.45) is 5.92 Å². The van der Waals surface area contributed by atoms with Crippen LogP contribution < -0.4 is 0 Å². The normalized spacial score (nSPS) is 10.8. The van der Waals surface area contributed by atoms with Gasteiger partial charge in [0, 0.05) is 35.9 Å². The molecule has 0 aliphatic rings. The van der Waals surface area contributed by atoms with Gasteiger partial charge in [-0.05, 0) is 40.4 Å². The fraction of sp³-hybridized carbons (Fsp3) is 0.571. The number of rotatable bonds is 7. The Morgan fingerprint density at radius 3 is 2.63 bits per heavy atom. The van der Waals surface area contributed by atoms with Crippen LogP contribution in [0.3, 0.4) is 0 Å². The lowest BCUT2D eigenvalue weighted by Gasteiger charge is -2.26. The van der Waals surface area contributed by atoms with Gasteiger partial charge in [-0.2, -0.15) is 0 Å². The third-order valence-electron chi connectivity index (χ3n) is 3.15. The summed E-state index contributed by atoms with van der Waals surface area (Å²) < 4.78 is 0.893. The molecule has 0 aliphatic carbocycles. The van der Waals surface area contributed by atoms with Crippen LogP contribution in [0.2, 0.25) is 0 Å². The minimum Gasteiger partial charge on any atom is -0.395 e. The van der Waals surface area contributed by atoms with Crippen molar-refractivity contribution in [3.8, 4) is 0 Å².